The van der Waals surface area contributed by atoms with Crippen molar-refractivity contribution in [1.82, 2.24) is 0 Å². The third-order valence-corrected chi connectivity index (χ3v) is 5.68. The molecule has 3 rings (SSSR count). The van der Waals surface area contributed by atoms with E-state index in [2.05, 4.69) is 8.55 Å². The van der Waals surface area contributed by atoms with Crippen LogP contribution in [0.4, 0.5) is 4.79 Å². The average Bonchev–Trinajstić information content (AvgIpc) is 2.95. The zero-order chi connectivity index (χ0) is 21.9. The number of carbonyl (C=O) groups is 1. The first-order valence-electron chi connectivity index (χ1n) is 8.57. The van der Waals surface area contributed by atoms with Crippen LogP contribution in [0.15, 0.2) is 4.36 Å². The predicted octanol–water partition coefficient (Wildman–Crippen LogP) is 0.102. The molecule has 13 nitrogen and oxygen atoms in total. The van der Waals surface area contributed by atoms with Crippen LogP contribution in [0.2, 0.25) is 0 Å². The summed E-state index contributed by atoms with van der Waals surface area (Å²) in [5.41, 5.74) is -0.864. The second-order valence-electron chi connectivity index (χ2n) is 8.11. The molecular weight excluding hydrogens is 436 g/mol. The van der Waals surface area contributed by atoms with Gasteiger partial charge in [0.1, 0.15) is 30.5 Å². The van der Waals surface area contributed by atoms with Crippen molar-refractivity contribution in [2.24, 2.45) is 9.50 Å². The summed E-state index contributed by atoms with van der Waals surface area (Å²) < 4.78 is 76.1. The number of ether oxygens (including phenoxy) is 4. The van der Waals surface area contributed by atoms with Gasteiger partial charge in [0.05, 0.1) is 6.61 Å². The summed E-state index contributed by atoms with van der Waals surface area (Å²) in [6.07, 6.45) is -4.24. The van der Waals surface area contributed by atoms with Crippen LogP contribution in [0, 0.1) is 0 Å². The van der Waals surface area contributed by atoms with Gasteiger partial charge in [0.2, 0.25) is 5.79 Å². The molecule has 3 aliphatic rings. The van der Waals surface area contributed by atoms with Gasteiger partial charge in [0.15, 0.2) is 5.79 Å². The van der Waals surface area contributed by atoms with Crippen LogP contribution in [0.5, 0.6) is 0 Å². The third-order valence-electron chi connectivity index (χ3n) is 3.90. The Morgan fingerprint density at radius 2 is 1.97 bits per heavy atom. The highest BCUT2D eigenvalue weighted by atomic mass is 32.2. The van der Waals surface area contributed by atoms with Crippen molar-refractivity contribution in [3.05, 3.63) is 0 Å². The lowest BCUT2D eigenvalue weighted by molar-refractivity contribution is -0.290. The minimum Gasteiger partial charge on any atom is -0.442 e. The lowest BCUT2D eigenvalue weighted by atomic mass is 9.98. The van der Waals surface area contributed by atoms with Gasteiger partial charge < -0.3 is 18.9 Å². The Balaban J connectivity index is 1.85. The summed E-state index contributed by atoms with van der Waals surface area (Å²) in [6, 6.07) is 0. The van der Waals surface area contributed by atoms with Gasteiger partial charge in [-0.3, -0.25) is 12.5 Å². The van der Waals surface area contributed by atoms with E-state index in [-0.39, 0.29) is 6.61 Å². The molecule has 3 saturated heterocycles. The van der Waals surface area contributed by atoms with Crippen molar-refractivity contribution in [3.8, 4) is 0 Å². The van der Waals surface area contributed by atoms with E-state index < -0.39 is 68.8 Å². The quantitative estimate of drug-likeness (QED) is 0.605. The molecule has 0 spiro atoms. The lowest BCUT2D eigenvalue weighted by Gasteiger charge is -2.39. The molecule has 1 amide bonds. The standard InChI is InChI=1S/C14H24N2O11S2/c1-12(2,3)24-11(17)16-29(20)25-8-6-21-14(7-22-28(15,18)19)10(9(8)26-29)23-13(4,5)27-14/h8-10H,6-7H2,1-5H3,(H2,15,18,19)/t8-,9-,10+,14+,29?/m1/s1. The Kier molecular flexibility index (Phi) is 5.55. The number of nitrogens with zero attached hydrogens (tertiary/aromatic N) is 1. The maximum atomic E-state index is 12.8. The van der Waals surface area contributed by atoms with Crippen LogP contribution in [-0.4, -0.2) is 67.4 Å². The summed E-state index contributed by atoms with van der Waals surface area (Å²) in [7, 11) is -8.21. The second kappa shape index (κ2) is 7.06. The molecule has 1 unspecified atom stereocenters. The molecule has 3 heterocycles. The highest BCUT2D eigenvalue weighted by Crippen LogP contribution is 2.46. The fourth-order valence-electron chi connectivity index (χ4n) is 3.08. The zero-order valence-electron chi connectivity index (χ0n) is 16.5. The third kappa shape index (κ3) is 5.23. The molecule has 0 radical (unpaired) electrons. The Morgan fingerprint density at radius 1 is 1.31 bits per heavy atom. The molecule has 15 heteroatoms. The van der Waals surface area contributed by atoms with Crippen LogP contribution in [0.3, 0.4) is 0 Å². The summed E-state index contributed by atoms with van der Waals surface area (Å²) in [4.78, 5) is 11.9. The Bertz CT molecular complexity index is 903. The fraction of sp³-hybridized carbons (Fsp3) is 0.929. The van der Waals surface area contributed by atoms with Gasteiger partial charge in [0.25, 0.3) is 0 Å². The SMILES string of the molecule is CC(C)(C)OC(=O)N=S1(=O)O[C@@H]2[C@@H](CO[C@@]3(COS(N)(=O)=O)OC(C)(C)O[C@@H]23)O1. The molecule has 0 bridgehead atoms. The summed E-state index contributed by atoms with van der Waals surface area (Å²) in [5.74, 6) is -2.95. The molecule has 5 atom stereocenters. The lowest BCUT2D eigenvalue weighted by Crippen LogP contribution is -2.60. The first-order chi connectivity index (χ1) is 13.0. The van der Waals surface area contributed by atoms with E-state index in [1.165, 1.54) is 0 Å². The summed E-state index contributed by atoms with van der Waals surface area (Å²) >= 11 is 0. The maximum absolute atomic E-state index is 12.8. The normalized spacial score (nSPS) is 38.9. The number of nitrogens with two attached hydrogens (primary N) is 1. The van der Waals surface area contributed by atoms with E-state index in [1.807, 2.05) is 0 Å². The van der Waals surface area contributed by atoms with Gasteiger partial charge in [-0.2, -0.15) is 12.6 Å². The monoisotopic (exact) mass is 460 g/mol. The number of fused-ring (bicyclic) bond motifs is 3. The molecule has 0 aromatic rings. The van der Waals surface area contributed by atoms with Crippen molar-refractivity contribution in [2.45, 2.75) is 70.1 Å². The van der Waals surface area contributed by atoms with Gasteiger partial charge in [-0.1, -0.05) is 4.36 Å². The van der Waals surface area contributed by atoms with Crippen LogP contribution in [0.25, 0.3) is 0 Å². The molecule has 0 saturated carbocycles. The molecular formula is C14H24N2O11S2. The molecule has 0 aromatic carbocycles. The van der Waals surface area contributed by atoms with E-state index in [1.54, 1.807) is 34.6 Å². The smallest absolute Gasteiger partial charge is 0.442 e. The van der Waals surface area contributed by atoms with Crippen LogP contribution in [-0.2, 0) is 52.1 Å². The number of rotatable bonds is 3. The van der Waals surface area contributed by atoms with Crippen molar-refractivity contribution in [2.75, 3.05) is 13.2 Å². The number of hydrogen-bond acceptors (Lipinski definition) is 11. The van der Waals surface area contributed by atoms with E-state index in [0.717, 1.165) is 0 Å². The van der Waals surface area contributed by atoms with Gasteiger partial charge in [0, 0.05) is 0 Å². The Hall–Kier alpha value is -0.910. The largest absolute Gasteiger partial charge is 0.446 e. The molecule has 3 aliphatic heterocycles. The van der Waals surface area contributed by atoms with E-state index in [9.17, 15) is 17.4 Å². The minimum atomic E-state index is -4.31. The molecule has 2 N–H and O–H groups in total. The maximum Gasteiger partial charge on any atom is 0.446 e. The number of hydrogen-bond donors (Lipinski definition) is 1. The van der Waals surface area contributed by atoms with Gasteiger partial charge in [-0.05, 0) is 34.6 Å². The van der Waals surface area contributed by atoms with Crippen molar-refractivity contribution in [3.63, 3.8) is 0 Å². The summed E-state index contributed by atoms with van der Waals surface area (Å²) in [6.45, 7) is 7.09. The molecule has 0 aliphatic carbocycles. The average molecular weight is 460 g/mol. The molecule has 3 fully saturated rings. The molecule has 168 valence electrons. The van der Waals surface area contributed by atoms with Crippen molar-refractivity contribution >= 4 is 26.7 Å². The first kappa shape index (κ1) is 22.8. The Morgan fingerprint density at radius 3 is 2.55 bits per heavy atom. The molecule has 0 aromatic heterocycles. The van der Waals surface area contributed by atoms with Crippen molar-refractivity contribution in [1.29, 1.82) is 0 Å². The van der Waals surface area contributed by atoms with E-state index in [0.29, 0.717) is 0 Å². The summed E-state index contributed by atoms with van der Waals surface area (Å²) in [5, 5.41) is 4.88. The fourth-order valence-corrected chi connectivity index (χ4v) is 4.75. The predicted molar refractivity (Wildman–Crippen MR) is 94.3 cm³/mol. The topological polar surface area (TPSA) is 171 Å². The minimum absolute atomic E-state index is 0.227. The van der Waals surface area contributed by atoms with Crippen LogP contribution < -0.4 is 5.14 Å². The Labute approximate surface area is 168 Å². The first-order valence-corrected chi connectivity index (χ1v) is 11.4. The number of carbonyl (C=O) groups excluding carboxylic acids is 1. The van der Waals surface area contributed by atoms with Crippen molar-refractivity contribution < 1.29 is 48.9 Å². The van der Waals surface area contributed by atoms with Crippen LogP contribution in [0.1, 0.15) is 34.6 Å². The van der Waals surface area contributed by atoms with Gasteiger partial charge in [-0.25, -0.2) is 9.93 Å². The highest BCUT2D eigenvalue weighted by Gasteiger charge is 2.66. The van der Waals surface area contributed by atoms with Crippen LogP contribution >= 0.6 is 0 Å². The second-order valence-corrected chi connectivity index (χ2v) is 10.8. The van der Waals surface area contributed by atoms with E-state index in [4.69, 9.17) is 32.5 Å². The number of amides is 1. The molecule has 29 heavy (non-hydrogen) atoms. The zero-order valence-corrected chi connectivity index (χ0v) is 18.1. The van der Waals surface area contributed by atoms with E-state index >= 15 is 0 Å². The van der Waals surface area contributed by atoms with Gasteiger partial charge >= 0.3 is 26.7 Å². The highest BCUT2D eigenvalue weighted by molar-refractivity contribution is 7.84. The van der Waals surface area contributed by atoms with Gasteiger partial charge in [-0.15, -0.1) is 0 Å².